The summed E-state index contributed by atoms with van der Waals surface area (Å²) in [7, 11) is 0. The predicted octanol–water partition coefficient (Wildman–Crippen LogP) is 3.52. The molecule has 2 fully saturated rings. The van der Waals surface area contributed by atoms with Gasteiger partial charge in [-0.2, -0.15) is 13.2 Å². The van der Waals surface area contributed by atoms with Gasteiger partial charge in [0.15, 0.2) is 0 Å². The Hall–Kier alpha value is -1.27. The van der Waals surface area contributed by atoms with Crippen LogP contribution in [0, 0.1) is 5.92 Å². The van der Waals surface area contributed by atoms with Crippen LogP contribution in [-0.2, 0) is 6.18 Å². The summed E-state index contributed by atoms with van der Waals surface area (Å²) in [4.78, 5) is 2.16. The number of nitrogens with zero attached hydrogens (tertiary/aromatic N) is 1. The molecule has 0 aromatic heterocycles. The molecule has 1 aliphatic carbocycles. The Kier molecular flexibility index (Phi) is 4.80. The zero-order valence-electron chi connectivity index (χ0n) is 13.9. The number of benzene rings is 1. The third-order valence-electron chi connectivity index (χ3n) is 5.81. The quantitative estimate of drug-likeness (QED) is 0.865. The van der Waals surface area contributed by atoms with Gasteiger partial charge >= 0.3 is 6.18 Å². The van der Waals surface area contributed by atoms with E-state index in [0.717, 1.165) is 69.4 Å². The first-order valence-corrected chi connectivity index (χ1v) is 8.77. The second-order valence-electron chi connectivity index (χ2n) is 7.29. The highest BCUT2D eigenvalue weighted by molar-refractivity contribution is 5.48. The largest absolute Gasteiger partial charge is 0.416 e. The first kappa shape index (κ1) is 17.5. The molecule has 1 saturated heterocycles. The predicted molar refractivity (Wildman–Crippen MR) is 89.7 cm³/mol. The number of nitrogens with two attached hydrogens (primary N) is 2. The molecule has 0 spiro atoms. The first-order chi connectivity index (χ1) is 11.3. The summed E-state index contributed by atoms with van der Waals surface area (Å²) in [6, 6.07) is 5.46. The molecule has 24 heavy (non-hydrogen) atoms. The molecule has 1 aromatic carbocycles. The molecule has 0 radical (unpaired) electrons. The minimum Gasteiger partial charge on any atom is -0.371 e. The molecular formula is C18H26F3N3. The van der Waals surface area contributed by atoms with E-state index in [9.17, 15) is 13.2 Å². The average molecular weight is 341 g/mol. The molecule has 2 aliphatic rings. The van der Waals surface area contributed by atoms with Crippen LogP contribution in [0.5, 0.6) is 0 Å². The van der Waals surface area contributed by atoms with Crippen LogP contribution in [0.2, 0.25) is 0 Å². The lowest BCUT2D eigenvalue weighted by Gasteiger charge is -2.49. The van der Waals surface area contributed by atoms with E-state index in [-0.39, 0.29) is 11.6 Å². The SMILES string of the molecule is NC1CCCCC1(N)[C@H]1CCCN(c2ccc(C(F)(F)F)cc2)C1. The molecule has 4 N–H and O–H groups in total. The Balaban J connectivity index is 1.73. The van der Waals surface area contributed by atoms with Gasteiger partial charge in [-0.15, -0.1) is 0 Å². The van der Waals surface area contributed by atoms with Crippen molar-refractivity contribution in [2.75, 3.05) is 18.0 Å². The monoisotopic (exact) mass is 341 g/mol. The van der Waals surface area contributed by atoms with Gasteiger partial charge in [0.1, 0.15) is 0 Å². The van der Waals surface area contributed by atoms with E-state index in [2.05, 4.69) is 4.90 Å². The van der Waals surface area contributed by atoms with Gasteiger partial charge < -0.3 is 16.4 Å². The van der Waals surface area contributed by atoms with Gasteiger partial charge in [0.2, 0.25) is 0 Å². The number of hydrogen-bond acceptors (Lipinski definition) is 3. The van der Waals surface area contributed by atoms with Crippen molar-refractivity contribution < 1.29 is 13.2 Å². The molecule has 3 rings (SSSR count). The standard InChI is InChI=1S/C18H26F3N3/c19-18(20,21)13-6-8-15(9-7-13)24-11-3-4-14(12-24)17(23)10-2-1-5-16(17)22/h6-9,14,16H,1-5,10-12,22-23H2/t14-,16?,17?/m0/s1. The van der Waals surface area contributed by atoms with Crippen LogP contribution in [0.3, 0.4) is 0 Å². The van der Waals surface area contributed by atoms with Crippen LogP contribution in [-0.4, -0.2) is 24.7 Å². The fraction of sp³-hybridized carbons (Fsp3) is 0.667. The molecule has 134 valence electrons. The topological polar surface area (TPSA) is 55.3 Å². The molecule has 1 saturated carbocycles. The Morgan fingerprint density at radius 3 is 2.38 bits per heavy atom. The van der Waals surface area contributed by atoms with Gasteiger partial charge in [-0.3, -0.25) is 0 Å². The summed E-state index contributed by atoms with van der Waals surface area (Å²) < 4.78 is 38.1. The molecule has 1 aliphatic heterocycles. The van der Waals surface area contributed by atoms with Crippen LogP contribution in [0.15, 0.2) is 24.3 Å². The van der Waals surface area contributed by atoms with Gasteiger partial charge in [0.05, 0.1) is 5.56 Å². The van der Waals surface area contributed by atoms with Crippen molar-refractivity contribution in [2.24, 2.45) is 17.4 Å². The average Bonchev–Trinajstić information content (AvgIpc) is 2.57. The normalized spacial score (nSPS) is 32.0. The third kappa shape index (κ3) is 3.40. The van der Waals surface area contributed by atoms with Crippen molar-refractivity contribution in [3.05, 3.63) is 29.8 Å². The first-order valence-electron chi connectivity index (χ1n) is 8.77. The van der Waals surface area contributed by atoms with Crippen molar-refractivity contribution in [1.82, 2.24) is 0 Å². The van der Waals surface area contributed by atoms with E-state index in [4.69, 9.17) is 11.5 Å². The fourth-order valence-electron chi connectivity index (χ4n) is 4.27. The maximum absolute atomic E-state index is 12.7. The highest BCUT2D eigenvalue weighted by Gasteiger charge is 2.43. The number of hydrogen-bond donors (Lipinski definition) is 2. The number of anilines is 1. The van der Waals surface area contributed by atoms with Crippen molar-refractivity contribution in [2.45, 2.75) is 56.3 Å². The Labute approximate surface area is 141 Å². The molecule has 0 amide bonds. The zero-order valence-corrected chi connectivity index (χ0v) is 13.9. The summed E-state index contributed by atoms with van der Waals surface area (Å²) in [5, 5.41) is 0. The summed E-state index contributed by atoms with van der Waals surface area (Å²) in [5.41, 5.74) is 12.9. The van der Waals surface area contributed by atoms with E-state index in [1.807, 2.05) is 0 Å². The van der Waals surface area contributed by atoms with Crippen LogP contribution in [0.4, 0.5) is 18.9 Å². The lowest BCUT2D eigenvalue weighted by molar-refractivity contribution is -0.137. The molecule has 0 bridgehead atoms. The van der Waals surface area contributed by atoms with Gasteiger partial charge in [-0.1, -0.05) is 12.8 Å². The van der Waals surface area contributed by atoms with Gasteiger partial charge in [0.25, 0.3) is 0 Å². The second kappa shape index (κ2) is 6.56. The molecule has 6 heteroatoms. The minimum absolute atomic E-state index is 0.0174. The lowest BCUT2D eigenvalue weighted by atomic mass is 9.68. The summed E-state index contributed by atoms with van der Waals surface area (Å²) >= 11 is 0. The maximum atomic E-state index is 12.7. The van der Waals surface area contributed by atoms with Crippen molar-refractivity contribution in [3.8, 4) is 0 Å². The van der Waals surface area contributed by atoms with E-state index in [1.54, 1.807) is 12.1 Å². The molecule has 1 aromatic rings. The fourth-order valence-corrected chi connectivity index (χ4v) is 4.27. The Bertz CT molecular complexity index is 558. The molecule has 1 heterocycles. The van der Waals surface area contributed by atoms with E-state index < -0.39 is 11.7 Å². The van der Waals surface area contributed by atoms with E-state index >= 15 is 0 Å². The Morgan fingerprint density at radius 1 is 1.04 bits per heavy atom. The van der Waals surface area contributed by atoms with Crippen molar-refractivity contribution in [3.63, 3.8) is 0 Å². The third-order valence-corrected chi connectivity index (χ3v) is 5.81. The molecule has 2 unspecified atom stereocenters. The zero-order chi connectivity index (χ0) is 17.4. The second-order valence-corrected chi connectivity index (χ2v) is 7.29. The molecular weight excluding hydrogens is 315 g/mol. The maximum Gasteiger partial charge on any atom is 0.416 e. The molecule has 3 atom stereocenters. The van der Waals surface area contributed by atoms with Crippen LogP contribution >= 0.6 is 0 Å². The number of halogens is 3. The number of piperidine rings is 1. The lowest BCUT2D eigenvalue weighted by Crippen LogP contribution is -2.64. The van der Waals surface area contributed by atoms with Gasteiger partial charge in [0, 0.05) is 30.4 Å². The van der Waals surface area contributed by atoms with Crippen LogP contribution in [0.25, 0.3) is 0 Å². The van der Waals surface area contributed by atoms with Gasteiger partial charge in [-0.25, -0.2) is 0 Å². The summed E-state index contributed by atoms with van der Waals surface area (Å²) in [6.45, 7) is 1.63. The molecule has 3 nitrogen and oxygen atoms in total. The van der Waals surface area contributed by atoms with Crippen LogP contribution in [0.1, 0.15) is 44.1 Å². The minimum atomic E-state index is -4.29. The van der Waals surface area contributed by atoms with Crippen molar-refractivity contribution >= 4 is 5.69 Å². The number of rotatable bonds is 2. The smallest absolute Gasteiger partial charge is 0.371 e. The highest BCUT2D eigenvalue weighted by Crippen LogP contribution is 2.38. The van der Waals surface area contributed by atoms with E-state index in [0.29, 0.717) is 5.92 Å². The van der Waals surface area contributed by atoms with Crippen molar-refractivity contribution in [1.29, 1.82) is 0 Å². The van der Waals surface area contributed by atoms with Crippen LogP contribution < -0.4 is 16.4 Å². The Morgan fingerprint density at radius 2 is 1.75 bits per heavy atom. The summed E-state index contributed by atoms with van der Waals surface area (Å²) in [5.74, 6) is 0.295. The summed E-state index contributed by atoms with van der Waals surface area (Å²) in [6.07, 6.45) is 1.90. The van der Waals surface area contributed by atoms with E-state index in [1.165, 1.54) is 0 Å². The van der Waals surface area contributed by atoms with Gasteiger partial charge in [-0.05, 0) is 55.9 Å². The highest BCUT2D eigenvalue weighted by atomic mass is 19.4. The number of alkyl halides is 3.